The molecule has 0 heterocycles. The summed E-state index contributed by atoms with van der Waals surface area (Å²) in [5.74, 6) is -1.66. The number of amides is 2. The zero-order valence-corrected chi connectivity index (χ0v) is 15.5. The molecule has 0 aliphatic carbocycles. The van der Waals surface area contributed by atoms with Gasteiger partial charge in [-0.15, -0.1) is 0 Å². The summed E-state index contributed by atoms with van der Waals surface area (Å²) in [6.07, 6.45) is 1.06. The van der Waals surface area contributed by atoms with E-state index in [1.54, 1.807) is 13.8 Å². The topological polar surface area (TPSA) is 95.5 Å². The van der Waals surface area contributed by atoms with E-state index in [4.69, 9.17) is 5.11 Å². The highest BCUT2D eigenvalue weighted by Crippen LogP contribution is 2.06. The predicted octanol–water partition coefficient (Wildman–Crippen LogP) is 1.65. The van der Waals surface area contributed by atoms with Crippen molar-refractivity contribution >= 4 is 30.4 Å². The van der Waals surface area contributed by atoms with E-state index in [2.05, 4.69) is 23.3 Å². The summed E-state index contributed by atoms with van der Waals surface area (Å²) in [7, 11) is 0. The molecule has 0 bridgehead atoms. The van der Waals surface area contributed by atoms with Crippen LogP contribution in [0.25, 0.3) is 0 Å². The van der Waals surface area contributed by atoms with E-state index >= 15 is 0 Å². The second-order valence-corrected chi connectivity index (χ2v) is 6.63. The van der Waals surface area contributed by atoms with Crippen molar-refractivity contribution < 1.29 is 19.5 Å². The number of rotatable bonds is 10. The first-order valence-electron chi connectivity index (χ1n) is 8.32. The molecule has 138 valence electrons. The molecule has 0 radical (unpaired) electrons. The molecule has 1 aromatic carbocycles. The van der Waals surface area contributed by atoms with Crippen LogP contribution in [0.3, 0.4) is 0 Å². The van der Waals surface area contributed by atoms with Crippen molar-refractivity contribution in [2.45, 2.75) is 45.2 Å². The monoisotopic (exact) mass is 366 g/mol. The molecule has 2 atom stereocenters. The van der Waals surface area contributed by atoms with Crippen LogP contribution in [-0.2, 0) is 20.8 Å². The average Bonchev–Trinajstić information content (AvgIpc) is 2.57. The van der Waals surface area contributed by atoms with Crippen molar-refractivity contribution in [2.75, 3.05) is 5.75 Å². The quantitative estimate of drug-likeness (QED) is 0.474. The first kappa shape index (κ1) is 21.0. The molecule has 0 spiro atoms. The summed E-state index contributed by atoms with van der Waals surface area (Å²) < 4.78 is 0. The van der Waals surface area contributed by atoms with Gasteiger partial charge in [0.25, 0.3) is 0 Å². The third-order valence-electron chi connectivity index (χ3n) is 3.78. The largest absolute Gasteiger partial charge is 0.480 e. The van der Waals surface area contributed by atoms with Crippen molar-refractivity contribution in [3.8, 4) is 0 Å². The van der Waals surface area contributed by atoms with Gasteiger partial charge in [0, 0.05) is 6.42 Å². The van der Waals surface area contributed by atoms with Gasteiger partial charge in [-0.2, -0.15) is 12.6 Å². The number of nitrogens with one attached hydrogen (secondary N) is 2. The van der Waals surface area contributed by atoms with Crippen LogP contribution in [0.2, 0.25) is 0 Å². The van der Waals surface area contributed by atoms with Crippen molar-refractivity contribution in [1.82, 2.24) is 10.6 Å². The van der Waals surface area contributed by atoms with Gasteiger partial charge >= 0.3 is 5.97 Å². The molecule has 0 aromatic heterocycles. The van der Waals surface area contributed by atoms with Crippen molar-refractivity contribution in [1.29, 1.82) is 0 Å². The molecule has 0 aliphatic rings. The summed E-state index contributed by atoms with van der Waals surface area (Å²) >= 11 is 4.00. The predicted molar refractivity (Wildman–Crippen MR) is 99.6 cm³/mol. The van der Waals surface area contributed by atoms with Gasteiger partial charge in [-0.25, -0.2) is 4.79 Å². The second-order valence-electron chi connectivity index (χ2n) is 6.19. The smallest absolute Gasteiger partial charge is 0.326 e. The fraction of sp³-hybridized carbons (Fsp3) is 0.500. The maximum absolute atomic E-state index is 12.4. The normalized spacial score (nSPS) is 13.1. The Morgan fingerprint density at radius 3 is 2.28 bits per heavy atom. The van der Waals surface area contributed by atoms with Gasteiger partial charge in [0.05, 0.1) is 0 Å². The van der Waals surface area contributed by atoms with E-state index in [0.717, 1.165) is 5.56 Å². The summed E-state index contributed by atoms with van der Waals surface area (Å²) in [5.41, 5.74) is 1.04. The molecule has 2 amide bonds. The molecule has 0 unspecified atom stereocenters. The van der Waals surface area contributed by atoms with Crippen LogP contribution in [0, 0.1) is 5.92 Å². The Bertz CT molecular complexity index is 578. The standard InChI is InChI=1S/C18H26N2O4S/c1-12(2)16(17(22)19-14(10-11-25)18(23)24)20-15(21)9-8-13-6-4-3-5-7-13/h3-7,12,14,16,25H,8-11H2,1-2H3,(H,19,22)(H,20,21)(H,23,24)/t14-,16-/m0/s1. The van der Waals surface area contributed by atoms with Crippen LogP contribution in [0.15, 0.2) is 30.3 Å². The van der Waals surface area contributed by atoms with Gasteiger partial charge in [0.15, 0.2) is 0 Å². The van der Waals surface area contributed by atoms with Crippen LogP contribution >= 0.6 is 12.6 Å². The van der Waals surface area contributed by atoms with Crippen LogP contribution in [0.5, 0.6) is 0 Å². The highest BCUT2D eigenvalue weighted by atomic mass is 32.1. The van der Waals surface area contributed by atoms with Gasteiger partial charge in [-0.05, 0) is 30.1 Å². The molecule has 1 rings (SSSR count). The van der Waals surface area contributed by atoms with Gasteiger partial charge in [0.1, 0.15) is 12.1 Å². The first-order valence-corrected chi connectivity index (χ1v) is 8.95. The summed E-state index contributed by atoms with van der Waals surface area (Å²) in [6, 6.07) is 7.82. The number of hydrogen-bond donors (Lipinski definition) is 4. The highest BCUT2D eigenvalue weighted by Gasteiger charge is 2.28. The van der Waals surface area contributed by atoms with Gasteiger partial charge in [-0.1, -0.05) is 44.2 Å². The summed E-state index contributed by atoms with van der Waals surface area (Å²) in [6.45, 7) is 3.60. The number of carbonyl (C=O) groups is 3. The molecule has 0 aliphatic heterocycles. The number of aryl methyl sites for hydroxylation is 1. The lowest BCUT2D eigenvalue weighted by molar-refractivity contribution is -0.142. The summed E-state index contributed by atoms with van der Waals surface area (Å²) in [4.78, 5) is 35.7. The Kier molecular flexibility index (Phi) is 9.05. The van der Waals surface area contributed by atoms with E-state index in [0.29, 0.717) is 12.2 Å². The van der Waals surface area contributed by atoms with E-state index in [-0.39, 0.29) is 24.7 Å². The molecule has 0 saturated heterocycles. The fourth-order valence-electron chi connectivity index (χ4n) is 2.33. The van der Waals surface area contributed by atoms with Crippen molar-refractivity contribution in [3.05, 3.63) is 35.9 Å². The molecular formula is C18H26N2O4S. The number of aliphatic carboxylic acids is 1. The molecule has 6 nitrogen and oxygen atoms in total. The number of hydrogen-bond acceptors (Lipinski definition) is 4. The molecule has 0 fully saturated rings. The number of thiol groups is 1. The SMILES string of the molecule is CC(C)[C@H](NC(=O)CCc1ccccc1)C(=O)N[C@@H](CCS)C(=O)O. The zero-order chi connectivity index (χ0) is 18.8. The Labute approximate surface area is 153 Å². The molecule has 3 N–H and O–H groups in total. The lowest BCUT2D eigenvalue weighted by Gasteiger charge is -2.24. The number of carboxylic acid groups (broad SMARTS) is 1. The molecular weight excluding hydrogens is 340 g/mol. The van der Waals surface area contributed by atoms with Crippen LogP contribution in [0.4, 0.5) is 0 Å². The number of benzene rings is 1. The minimum atomic E-state index is -1.11. The molecule has 0 saturated carbocycles. The first-order chi connectivity index (χ1) is 11.8. The van der Waals surface area contributed by atoms with Crippen LogP contribution in [0.1, 0.15) is 32.3 Å². The minimum Gasteiger partial charge on any atom is -0.480 e. The summed E-state index contributed by atoms with van der Waals surface area (Å²) in [5, 5.41) is 14.3. The Morgan fingerprint density at radius 2 is 1.76 bits per heavy atom. The highest BCUT2D eigenvalue weighted by molar-refractivity contribution is 7.80. The van der Waals surface area contributed by atoms with Gasteiger partial charge in [0.2, 0.25) is 11.8 Å². The van der Waals surface area contributed by atoms with E-state index in [9.17, 15) is 14.4 Å². The van der Waals surface area contributed by atoms with Crippen molar-refractivity contribution in [2.24, 2.45) is 5.92 Å². The maximum Gasteiger partial charge on any atom is 0.326 e. The minimum absolute atomic E-state index is 0.161. The Balaban J connectivity index is 2.61. The van der Waals surface area contributed by atoms with Crippen molar-refractivity contribution in [3.63, 3.8) is 0 Å². The van der Waals surface area contributed by atoms with E-state index in [1.165, 1.54) is 0 Å². The van der Waals surface area contributed by atoms with Gasteiger partial charge in [-0.3, -0.25) is 9.59 Å². The maximum atomic E-state index is 12.4. The molecule has 1 aromatic rings. The number of carboxylic acids is 1. The van der Waals surface area contributed by atoms with Crippen LogP contribution < -0.4 is 10.6 Å². The third kappa shape index (κ3) is 7.60. The Hall–Kier alpha value is -2.02. The fourth-order valence-corrected chi connectivity index (χ4v) is 2.59. The van der Waals surface area contributed by atoms with E-state index < -0.39 is 24.0 Å². The number of carbonyl (C=O) groups excluding carboxylic acids is 2. The molecule has 25 heavy (non-hydrogen) atoms. The zero-order valence-electron chi connectivity index (χ0n) is 14.6. The third-order valence-corrected chi connectivity index (χ3v) is 4.04. The molecule has 7 heteroatoms. The average molecular weight is 366 g/mol. The lowest BCUT2D eigenvalue weighted by atomic mass is 10.0. The van der Waals surface area contributed by atoms with Crippen LogP contribution in [-0.4, -0.2) is 40.7 Å². The Morgan fingerprint density at radius 1 is 1.12 bits per heavy atom. The second kappa shape index (κ2) is 10.8. The lowest BCUT2D eigenvalue weighted by Crippen LogP contribution is -2.53. The van der Waals surface area contributed by atoms with E-state index in [1.807, 2.05) is 30.3 Å². The van der Waals surface area contributed by atoms with Gasteiger partial charge < -0.3 is 15.7 Å².